The van der Waals surface area contributed by atoms with E-state index >= 15 is 0 Å². The van der Waals surface area contributed by atoms with Gasteiger partial charge >= 0.3 is 5.97 Å². The van der Waals surface area contributed by atoms with Crippen LogP contribution in [0.1, 0.15) is 51.9 Å². The molecule has 5 rings (SSSR count). The number of hydrogen-bond donors (Lipinski definition) is 2. The van der Waals surface area contributed by atoms with Crippen molar-refractivity contribution in [3.05, 3.63) is 55.1 Å². The molecule has 0 saturated carbocycles. The number of rotatable bonds is 12. The highest BCUT2D eigenvalue weighted by Crippen LogP contribution is 2.64. The number of ether oxygens (including phenoxy) is 1. The number of hydrogen-bond acceptors (Lipinski definition) is 5. The number of benzene rings is 2. The molecule has 2 N–H and O–H groups in total. The molecule has 3 aliphatic heterocycles. The lowest BCUT2D eigenvalue weighted by atomic mass is 9.65. The van der Waals surface area contributed by atoms with Gasteiger partial charge in [0.2, 0.25) is 5.91 Å². The molecular formula is C31H38N2O6. The molecule has 3 fully saturated rings. The average molecular weight is 535 g/mol. The van der Waals surface area contributed by atoms with Crippen molar-refractivity contribution in [2.45, 2.75) is 69.1 Å². The van der Waals surface area contributed by atoms with Gasteiger partial charge in [-0.05, 0) is 55.0 Å². The third-order valence-corrected chi connectivity index (χ3v) is 9.11. The van der Waals surface area contributed by atoms with E-state index in [1.807, 2.05) is 49.4 Å². The van der Waals surface area contributed by atoms with E-state index < -0.39 is 35.0 Å². The Labute approximate surface area is 229 Å². The number of likely N-dealkylation sites (tertiary alicyclic amines) is 1. The van der Waals surface area contributed by atoms with Gasteiger partial charge in [-0.3, -0.25) is 14.4 Å². The van der Waals surface area contributed by atoms with Crippen LogP contribution in [0.25, 0.3) is 10.8 Å². The first-order chi connectivity index (χ1) is 18.8. The van der Waals surface area contributed by atoms with Crippen LogP contribution in [-0.2, 0) is 19.1 Å². The van der Waals surface area contributed by atoms with Crippen LogP contribution < -0.4 is 4.90 Å². The smallest absolute Gasteiger partial charge is 0.310 e. The van der Waals surface area contributed by atoms with E-state index in [-0.39, 0.29) is 25.0 Å². The highest BCUT2D eigenvalue weighted by Gasteiger charge is 2.79. The minimum absolute atomic E-state index is 0.116. The first kappa shape index (κ1) is 27.3. The van der Waals surface area contributed by atoms with Gasteiger partial charge in [0.05, 0.1) is 11.5 Å². The fourth-order valence-corrected chi connectivity index (χ4v) is 7.30. The van der Waals surface area contributed by atoms with Gasteiger partial charge in [-0.2, -0.15) is 0 Å². The first-order valence-corrected chi connectivity index (χ1v) is 14.1. The minimum Gasteiger partial charge on any atom is -0.481 e. The molecule has 2 unspecified atom stereocenters. The zero-order valence-electron chi connectivity index (χ0n) is 22.6. The lowest BCUT2D eigenvalue weighted by Gasteiger charge is -2.37. The Morgan fingerprint density at radius 3 is 2.56 bits per heavy atom. The number of carboxylic acid groups (broad SMARTS) is 1. The van der Waals surface area contributed by atoms with Crippen LogP contribution in [0.5, 0.6) is 0 Å². The monoisotopic (exact) mass is 534 g/mol. The first-order valence-electron chi connectivity index (χ1n) is 14.1. The number of unbranched alkanes of at least 4 members (excludes halogenated alkanes) is 3. The van der Waals surface area contributed by atoms with Crippen LogP contribution >= 0.6 is 0 Å². The van der Waals surface area contributed by atoms with E-state index in [0.717, 1.165) is 23.6 Å². The quantitative estimate of drug-likeness (QED) is 0.313. The summed E-state index contributed by atoms with van der Waals surface area (Å²) in [6, 6.07) is 12.8. The maximum Gasteiger partial charge on any atom is 0.310 e. The number of carbonyl (C=O) groups is 3. The minimum atomic E-state index is -1.17. The molecule has 3 heterocycles. The van der Waals surface area contributed by atoms with Crippen molar-refractivity contribution in [1.29, 1.82) is 0 Å². The third-order valence-electron chi connectivity index (χ3n) is 9.11. The highest BCUT2D eigenvalue weighted by molar-refractivity contribution is 6.05. The number of nitrogens with zero attached hydrogens (tertiary/aromatic N) is 2. The van der Waals surface area contributed by atoms with Gasteiger partial charge < -0.3 is 24.7 Å². The molecule has 8 nitrogen and oxygen atoms in total. The molecule has 5 atom stereocenters. The number of aliphatic hydroxyl groups is 1. The van der Waals surface area contributed by atoms with Crippen LogP contribution in [0.4, 0.5) is 5.69 Å². The van der Waals surface area contributed by atoms with Gasteiger partial charge in [-0.25, -0.2) is 0 Å². The van der Waals surface area contributed by atoms with Gasteiger partial charge in [0.25, 0.3) is 5.91 Å². The number of amides is 2. The maximum absolute atomic E-state index is 14.6. The molecule has 1 spiro atoms. The fraction of sp³-hybridized carbons (Fsp3) is 0.516. The summed E-state index contributed by atoms with van der Waals surface area (Å²) in [6.07, 6.45) is 6.07. The Bertz CT molecular complexity index is 1280. The van der Waals surface area contributed by atoms with Crippen LogP contribution in [0, 0.1) is 11.8 Å². The largest absolute Gasteiger partial charge is 0.481 e. The zero-order valence-corrected chi connectivity index (χ0v) is 22.6. The van der Waals surface area contributed by atoms with Crippen molar-refractivity contribution in [2.75, 3.05) is 24.6 Å². The molecule has 0 radical (unpaired) electrons. The summed E-state index contributed by atoms with van der Waals surface area (Å²) in [5.74, 6) is -3.47. The molecule has 8 heteroatoms. The fourth-order valence-electron chi connectivity index (χ4n) is 7.30. The van der Waals surface area contributed by atoms with E-state index in [2.05, 4.69) is 6.58 Å². The predicted octanol–water partition coefficient (Wildman–Crippen LogP) is 4.15. The summed E-state index contributed by atoms with van der Waals surface area (Å²) in [7, 11) is 0. The lowest BCUT2D eigenvalue weighted by molar-refractivity contribution is -0.155. The van der Waals surface area contributed by atoms with E-state index in [4.69, 9.17) is 9.84 Å². The number of anilines is 1. The summed E-state index contributed by atoms with van der Waals surface area (Å²) in [5, 5.41) is 21.4. The molecule has 2 amide bonds. The summed E-state index contributed by atoms with van der Waals surface area (Å²) >= 11 is 0. The molecule has 208 valence electrons. The molecule has 2 bridgehead atoms. The Hall–Kier alpha value is -3.23. The second kappa shape index (κ2) is 10.7. The van der Waals surface area contributed by atoms with E-state index in [1.165, 1.54) is 0 Å². The standard InChI is InChI=1S/C31H38N2O6/c1-3-17-32(23-14-13-21-11-7-8-12-22(21)20-23)28(36)26-31-16-15-30(4-2,39-31)25(29(37)38)24(31)27(35)33(26)18-9-5-6-10-19-34/h3,7-8,11-14,20,24-26,34H,1,4-6,9-10,15-19H2,2H3,(H,37,38)/t24-,25-,26?,30+,31?/m0/s1. The molecule has 2 aromatic rings. The number of fused-ring (bicyclic) bond motifs is 2. The van der Waals surface area contributed by atoms with Crippen LogP contribution in [0.3, 0.4) is 0 Å². The van der Waals surface area contributed by atoms with Gasteiger partial charge in [0, 0.05) is 25.4 Å². The average Bonchev–Trinajstić information content (AvgIpc) is 3.54. The third kappa shape index (κ3) is 4.34. The SMILES string of the molecule is C=CCN(C(=O)C1N(CCCCCCO)C(=O)[C@@H]2[C@@H](C(=O)O)[C@@]3(CC)CCC12O3)c1ccc2ccccc2c1. The van der Waals surface area contributed by atoms with Crippen molar-refractivity contribution in [2.24, 2.45) is 11.8 Å². The van der Waals surface area contributed by atoms with Crippen LogP contribution in [-0.4, -0.2) is 69.8 Å². The van der Waals surface area contributed by atoms with Gasteiger partial charge in [-0.1, -0.05) is 56.2 Å². The van der Waals surface area contributed by atoms with E-state index in [0.29, 0.717) is 44.3 Å². The summed E-state index contributed by atoms with van der Waals surface area (Å²) < 4.78 is 6.66. The summed E-state index contributed by atoms with van der Waals surface area (Å²) in [4.78, 5) is 44.4. The number of carbonyl (C=O) groups excluding carboxylic acids is 2. The Balaban J connectivity index is 1.55. The van der Waals surface area contributed by atoms with E-state index in [1.54, 1.807) is 15.9 Å². The number of aliphatic carboxylic acids is 1. The van der Waals surface area contributed by atoms with Crippen LogP contribution in [0.2, 0.25) is 0 Å². The second-order valence-corrected chi connectivity index (χ2v) is 11.1. The molecule has 3 saturated heterocycles. The lowest BCUT2D eigenvalue weighted by Crippen LogP contribution is -2.56. The Morgan fingerprint density at radius 2 is 1.87 bits per heavy atom. The molecule has 3 aliphatic rings. The summed E-state index contributed by atoms with van der Waals surface area (Å²) in [6.45, 7) is 6.48. The second-order valence-electron chi connectivity index (χ2n) is 11.1. The predicted molar refractivity (Wildman–Crippen MR) is 148 cm³/mol. The molecule has 39 heavy (non-hydrogen) atoms. The molecule has 0 aliphatic carbocycles. The maximum atomic E-state index is 14.6. The molecular weight excluding hydrogens is 496 g/mol. The van der Waals surface area contributed by atoms with Gasteiger partial charge in [-0.15, -0.1) is 6.58 Å². The number of aliphatic hydroxyl groups excluding tert-OH is 1. The van der Waals surface area contributed by atoms with Crippen molar-refractivity contribution in [3.63, 3.8) is 0 Å². The Morgan fingerprint density at radius 1 is 1.13 bits per heavy atom. The molecule has 0 aromatic heterocycles. The highest BCUT2D eigenvalue weighted by atomic mass is 16.5. The van der Waals surface area contributed by atoms with Crippen molar-refractivity contribution >= 4 is 34.2 Å². The topological polar surface area (TPSA) is 107 Å². The van der Waals surface area contributed by atoms with Gasteiger partial charge in [0.15, 0.2) is 0 Å². The van der Waals surface area contributed by atoms with Gasteiger partial charge in [0.1, 0.15) is 17.6 Å². The normalized spacial score (nSPS) is 29.1. The van der Waals surface area contributed by atoms with Crippen molar-refractivity contribution in [1.82, 2.24) is 4.90 Å². The summed E-state index contributed by atoms with van der Waals surface area (Å²) in [5.41, 5.74) is -1.42. The van der Waals surface area contributed by atoms with Crippen molar-refractivity contribution < 1.29 is 29.3 Å². The zero-order chi connectivity index (χ0) is 27.8. The van der Waals surface area contributed by atoms with E-state index in [9.17, 15) is 19.5 Å². The van der Waals surface area contributed by atoms with Crippen LogP contribution in [0.15, 0.2) is 55.1 Å². The number of carboxylic acids is 1. The molecule has 2 aromatic carbocycles. The Kier molecular flexibility index (Phi) is 7.53. The van der Waals surface area contributed by atoms with Crippen molar-refractivity contribution in [3.8, 4) is 0 Å².